The van der Waals surface area contributed by atoms with Gasteiger partial charge in [-0.3, -0.25) is 9.59 Å². The van der Waals surface area contributed by atoms with Crippen LogP contribution in [0.4, 0.5) is 0 Å². The molecule has 4 heterocycles. The third-order valence-corrected chi connectivity index (χ3v) is 8.77. The molecule has 0 spiro atoms. The van der Waals surface area contributed by atoms with Crippen LogP contribution in [0.25, 0.3) is 11.0 Å². The smallest absolute Gasteiger partial charge is 0.289 e. The third-order valence-electron chi connectivity index (χ3n) is 8.77. The van der Waals surface area contributed by atoms with Gasteiger partial charge >= 0.3 is 0 Å². The van der Waals surface area contributed by atoms with E-state index in [0.29, 0.717) is 30.6 Å². The molecule has 5 atom stereocenters. The van der Waals surface area contributed by atoms with Crippen molar-refractivity contribution in [3.63, 3.8) is 0 Å². The predicted octanol–water partition coefficient (Wildman–Crippen LogP) is 3.81. The van der Waals surface area contributed by atoms with Crippen molar-refractivity contribution >= 4 is 22.8 Å². The molecule has 3 saturated heterocycles. The summed E-state index contributed by atoms with van der Waals surface area (Å²) in [6.45, 7) is 7.01. The Balaban J connectivity index is 1.09. The number of hydrogen-bond acceptors (Lipinski definition) is 5. The van der Waals surface area contributed by atoms with Gasteiger partial charge in [0.25, 0.3) is 5.91 Å². The van der Waals surface area contributed by atoms with Gasteiger partial charge in [-0.2, -0.15) is 0 Å². The molecule has 6 rings (SSSR count). The Labute approximate surface area is 217 Å². The number of aryl methyl sites for hydroxylation is 1. The van der Waals surface area contributed by atoms with Gasteiger partial charge < -0.3 is 24.7 Å². The van der Waals surface area contributed by atoms with E-state index in [2.05, 4.69) is 17.0 Å². The summed E-state index contributed by atoms with van der Waals surface area (Å²) in [5.41, 5.74) is 8.63. The highest BCUT2D eigenvalue weighted by atomic mass is 16.5. The summed E-state index contributed by atoms with van der Waals surface area (Å²) in [5.74, 6) is 1.08. The van der Waals surface area contributed by atoms with Crippen LogP contribution in [-0.4, -0.2) is 67.0 Å². The second-order valence-electron chi connectivity index (χ2n) is 11.0. The van der Waals surface area contributed by atoms with E-state index in [1.54, 1.807) is 0 Å². The molecule has 3 fully saturated rings. The number of carbonyl (C=O) groups is 2. The van der Waals surface area contributed by atoms with Gasteiger partial charge in [-0.05, 0) is 49.8 Å². The molecule has 2 N–H and O–H groups in total. The molecular formula is C30H35N3O4. The van der Waals surface area contributed by atoms with Crippen LogP contribution in [0.1, 0.15) is 40.4 Å². The fourth-order valence-electron chi connectivity index (χ4n) is 6.82. The summed E-state index contributed by atoms with van der Waals surface area (Å²) >= 11 is 0. The summed E-state index contributed by atoms with van der Waals surface area (Å²) in [5, 5.41) is 1.01. The molecule has 3 aliphatic rings. The van der Waals surface area contributed by atoms with E-state index in [1.165, 1.54) is 5.56 Å². The van der Waals surface area contributed by atoms with E-state index in [4.69, 9.17) is 14.9 Å². The second kappa shape index (κ2) is 9.95. The maximum atomic E-state index is 13.3. The summed E-state index contributed by atoms with van der Waals surface area (Å²) < 4.78 is 12.0. The van der Waals surface area contributed by atoms with E-state index < -0.39 is 0 Å². The number of amides is 2. The molecule has 0 aliphatic carbocycles. The quantitative estimate of drug-likeness (QED) is 0.532. The van der Waals surface area contributed by atoms with Crippen LogP contribution in [0.5, 0.6) is 0 Å². The van der Waals surface area contributed by atoms with Gasteiger partial charge in [0.05, 0.1) is 12.0 Å². The number of rotatable bonds is 7. The molecule has 3 aromatic rings. The zero-order valence-corrected chi connectivity index (χ0v) is 21.3. The maximum absolute atomic E-state index is 13.3. The molecule has 7 nitrogen and oxygen atoms in total. The van der Waals surface area contributed by atoms with Gasteiger partial charge in [0.15, 0.2) is 5.76 Å². The summed E-state index contributed by atoms with van der Waals surface area (Å²) in [4.78, 5) is 29.9. The van der Waals surface area contributed by atoms with E-state index in [1.807, 2.05) is 54.3 Å². The first-order chi connectivity index (χ1) is 18.0. The van der Waals surface area contributed by atoms with Crippen LogP contribution < -0.4 is 5.73 Å². The van der Waals surface area contributed by atoms with Crippen molar-refractivity contribution < 1.29 is 18.7 Å². The first-order valence-corrected chi connectivity index (χ1v) is 13.4. The highest BCUT2D eigenvalue weighted by Gasteiger charge is 2.43. The van der Waals surface area contributed by atoms with Crippen molar-refractivity contribution in [2.75, 3.05) is 39.3 Å². The standard InChI is InChI=1S/C30H35N3O4/c1-19-23-9-5-6-10-26(23)37-27(19)30(35)33-17-21-15-32(16-22(21)18-33)13-11-24(20-7-3-2-4-8-20)28-25(29(31)34)12-14-36-28/h2-10,21-22,24-25,28H,11-18H2,1H3,(H2,31,34)/t21?,22?,24-,25?,28?/m0/s1. The number of likely N-dealkylation sites (tertiary alicyclic amines) is 2. The van der Waals surface area contributed by atoms with Crippen LogP contribution in [0.15, 0.2) is 59.0 Å². The van der Waals surface area contributed by atoms with Crippen LogP contribution >= 0.6 is 0 Å². The summed E-state index contributed by atoms with van der Waals surface area (Å²) in [7, 11) is 0. The Hall–Kier alpha value is -3.16. The van der Waals surface area contributed by atoms with Crippen molar-refractivity contribution in [3.05, 3.63) is 71.5 Å². The van der Waals surface area contributed by atoms with E-state index in [-0.39, 0.29) is 29.8 Å². The van der Waals surface area contributed by atoms with Gasteiger partial charge in [0.1, 0.15) is 5.58 Å². The van der Waals surface area contributed by atoms with Gasteiger partial charge in [0, 0.05) is 49.7 Å². The number of primary amides is 1. The fourth-order valence-corrected chi connectivity index (χ4v) is 6.82. The average molecular weight is 502 g/mol. The van der Waals surface area contributed by atoms with Crippen molar-refractivity contribution in [2.45, 2.75) is 31.8 Å². The number of benzene rings is 2. The molecule has 37 heavy (non-hydrogen) atoms. The van der Waals surface area contributed by atoms with Gasteiger partial charge in [-0.1, -0.05) is 48.5 Å². The predicted molar refractivity (Wildman–Crippen MR) is 141 cm³/mol. The number of carbonyl (C=O) groups excluding carboxylic acids is 2. The van der Waals surface area contributed by atoms with Crippen molar-refractivity contribution in [2.24, 2.45) is 23.5 Å². The lowest BCUT2D eigenvalue weighted by molar-refractivity contribution is -0.123. The molecule has 2 aromatic carbocycles. The SMILES string of the molecule is Cc1c(C(=O)N2CC3CN(CC[C@@H](c4ccccc4)C4OCCC4C(N)=O)CC3C2)oc2ccccc12. The van der Waals surface area contributed by atoms with E-state index in [0.717, 1.165) is 55.7 Å². The van der Waals surface area contributed by atoms with Gasteiger partial charge in [-0.25, -0.2) is 0 Å². The third kappa shape index (κ3) is 4.55. The fraction of sp³-hybridized carbons (Fsp3) is 0.467. The number of hydrogen-bond donors (Lipinski definition) is 1. The van der Waals surface area contributed by atoms with Gasteiger partial charge in [0.2, 0.25) is 5.91 Å². The molecule has 2 amide bonds. The van der Waals surface area contributed by atoms with Crippen LogP contribution in [0.2, 0.25) is 0 Å². The minimum absolute atomic E-state index is 0.00895. The topological polar surface area (TPSA) is 89.0 Å². The first-order valence-electron chi connectivity index (χ1n) is 13.4. The summed E-state index contributed by atoms with van der Waals surface area (Å²) in [6.07, 6.45) is 1.45. The minimum atomic E-state index is -0.261. The number of para-hydroxylation sites is 1. The monoisotopic (exact) mass is 501 g/mol. The lowest BCUT2D eigenvalue weighted by atomic mass is 9.83. The Morgan fingerprint density at radius 3 is 2.41 bits per heavy atom. The van der Waals surface area contributed by atoms with E-state index in [9.17, 15) is 9.59 Å². The molecule has 3 aliphatic heterocycles. The Kier molecular flexibility index (Phi) is 6.51. The number of furan rings is 1. The highest BCUT2D eigenvalue weighted by molar-refractivity contribution is 5.99. The molecular weight excluding hydrogens is 466 g/mol. The molecule has 0 bridgehead atoms. The Morgan fingerprint density at radius 1 is 1.00 bits per heavy atom. The van der Waals surface area contributed by atoms with Gasteiger partial charge in [-0.15, -0.1) is 0 Å². The van der Waals surface area contributed by atoms with Crippen molar-refractivity contribution in [1.29, 1.82) is 0 Å². The lowest BCUT2D eigenvalue weighted by Gasteiger charge is -2.29. The van der Waals surface area contributed by atoms with Crippen molar-refractivity contribution in [1.82, 2.24) is 9.80 Å². The number of fused-ring (bicyclic) bond motifs is 2. The second-order valence-corrected chi connectivity index (χ2v) is 11.0. The molecule has 0 saturated carbocycles. The zero-order chi connectivity index (χ0) is 25.5. The molecule has 194 valence electrons. The maximum Gasteiger partial charge on any atom is 0.289 e. The van der Waals surface area contributed by atoms with E-state index >= 15 is 0 Å². The molecule has 7 heteroatoms. The van der Waals surface area contributed by atoms with Crippen LogP contribution in [0.3, 0.4) is 0 Å². The average Bonchev–Trinajstić information content (AvgIpc) is 3.68. The minimum Gasteiger partial charge on any atom is -0.451 e. The summed E-state index contributed by atoms with van der Waals surface area (Å²) in [6, 6.07) is 18.2. The number of nitrogens with zero attached hydrogens (tertiary/aromatic N) is 2. The Morgan fingerprint density at radius 2 is 1.70 bits per heavy atom. The van der Waals surface area contributed by atoms with Crippen LogP contribution in [0, 0.1) is 24.7 Å². The van der Waals surface area contributed by atoms with Crippen molar-refractivity contribution in [3.8, 4) is 0 Å². The zero-order valence-electron chi connectivity index (χ0n) is 21.3. The highest BCUT2D eigenvalue weighted by Crippen LogP contribution is 2.38. The Bertz CT molecular complexity index is 1270. The first kappa shape index (κ1) is 24.2. The van der Waals surface area contributed by atoms with Crippen LogP contribution in [-0.2, 0) is 9.53 Å². The lowest BCUT2D eigenvalue weighted by Crippen LogP contribution is -2.37. The largest absolute Gasteiger partial charge is 0.451 e. The number of ether oxygens (including phenoxy) is 1. The number of nitrogens with two attached hydrogens (primary N) is 1. The normalized spacial score (nSPS) is 26.6. The molecule has 0 radical (unpaired) electrons. The molecule has 1 aromatic heterocycles. The molecule has 4 unspecified atom stereocenters.